The van der Waals surface area contributed by atoms with Crippen LogP contribution in [0.25, 0.3) is 32.3 Å². The first kappa shape index (κ1) is 47.6. The second-order valence-electron chi connectivity index (χ2n) is 19.4. The van der Waals surface area contributed by atoms with E-state index in [-0.39, 0.29) is 17.3 Å². The number of ketones is 3. The number of hydrogen-bond acceptors (Lipinski definition) is 7. The third kappa shape index (κ3) is 10.2. The lowest BCUT2D eigenvalue weighted by Crippen LogP contribution is -2.03. The van der Waals surface area contributed by atoms with Crippen molar-refractivity contribution in [3.8, 4) is 5.75 Å². The Balaban J connectivity index is 0.000000124. The van der Waals surface area contributed by atoms with Crippen molar-refractivity contribution in [1.82, 2.24) is 0 Å². The number of aryl methyl sites for hydroxylation is 3. The number of anilines is 5. The van der Waals surface area contributed by atoms with Gasteiger partial charge in [-0.2, -0.15) is 0 Å². The molecule has 0 heterocycles. The van der Waals surface area contributed by atoms with Crippen LogP contribution in [0.4, 0.5) is 28.4 Å². The Hall–Kier alpha value is -8.03. The van der Waals surface area contributed by atoms with Gasteiger partial charge in [0.15, 0.2) is 17.3 Å². The molecule has 72 heavy (non-hydrogen) atoms. The highest BCUT2D eigenvalue weighted by molar-refractivity contribution is 6.12. The number of carbonyl (C=O) groups is 3. The molecule has 9 aromatic carbocycles. The van der Waals surface area contributed by atoms with Gasteiger partial charge in [0.05, 0.1) is 7.11 Å². The molecular formula is C65H61N3O4. The number of rotatable bonds is 11. The molecular weight excluding hydrogens is 887 g/mol. The quantitative estimate of drug-likeness (QED) is 0.111. The zero-order chi connectivity index (χ0) is 49.7. The summed E-state index contributed by atoms with van der Waals surface area (Å²) < 4.78 is 5.20. The highest BCUT2D eigenvalue weighted by Crippen LogP contribution is 2.37. The topological polar surface area (TPSA) is 96.5 Å². The third-order valence-corrected chi connectivity index (χ3v) is 14.5. The van der Waals surface area contributed by atoms with Crippen LogP contribution in [0.3, 0.4) is 0 Å². The summed E-state index contributed by atoms with van der Waals surface area (Å²) in [6.45, 7) is 5.84. The van der Waals surface area contributed by atoms with Crippen molar-refractivity contribution in [3.63, 3.8) is 0 Å². The van der Waals surface area contributed by atoms with E-state index in [1.807, 2.05) is 60.7 Å². The van der Waals surface area contributed by atoms with Gasteiger partial charge in [0.25, 0.3) is 0 Å². The predicted molar refractivity (Wildman–Crippen MR) is 298 cm³/mol. The van der Waals surface area contributed by atoms with Gasteiger partial charge < -0.3 is 20.7 Å². The summed E-state index contributed by atoms with van der Waals surface area (Å²) in [6.07, 6.45) is 9.79. The summed E-state index contributed by atoms with van der Waals surface area (Å²) in [5, 5.41) is 17.0. The zero-order valence-corrected chi connectivity index (χ0v) is 41.7. The van der Waals surface area contributed by atoms with Gasteiger partial charge in [0.1, 0.15) is 5.75 Å². The molecule has 0 fully saturated rings. The molecule has 9 aromatic rings. The van der Waals surface area contributed by atoms with Gasteiger partial charge in [0.2, 0.25) is 0 Å². The molecule has 0 saturated carbocycles. The van der Waals surface area contributed by atoms with Crippen molar-refractivity contribution in [2.24, 2.45) is 0 Å². The minimum atomic E-state index is 0.158. The van der Waals surface area contributed by atoms with E-state index < -0.39 is 0 Å². The number of Topliss-reactive ketones (excluding diaryl/α,β-unsaturated/α-hetero) is 3. The summed E-state index contributed by atoms with van der Waals surface area (Å²) in [7, 11) is 1.66. The lowest BCUT2D eigenvalue weighted by Gasteiger charge is -2.13. The summed E-state index contributed by atoms with van der Waals surface area (Å²) in [5.74, 6) is 1.34. The molecule has 0 saturated heterocycles. The summed E-state index contributed by atoms with van der Waals surface area (Å²) in [6, 6.07) is 54.0. The van der Waals surface area contributed by atoms with Crippen LogP contribution < -0.4 is 20.7 Å². The maximum Gasteiger partial charge on any atom is 0.160 e. The largest absolute Gasteiger partial charge is 0.497 e. The normalized spacial score (nSPS) is 13.0. The first-order chi connectivity index (χ1) is 35.1. The number of hydrogen-bond donors (Lipinski definition) is 3. The van der Waals surface area contributed by atoms with Crippen LogP contribution in [0.5, 0.6) is 5.75 Å². The molecule has 0 unspecified atom stereocenters. The number of nitrogens with one attached hydrogen (secondary N) is 3. The van der Waals surface area contributed by atoms with Crippen LogP contribution in [0.2, 0.25) is 0 Å². The standard InChI is InChI=1S/C22H21NO2.C22H21NO.C21H19NO/c1-14(24)22-20-5-3-4-15(20)12-16-6-7-18(13-21(16)22)23-17-8-10-19(25-2)11-9-17;1-15(24)22-20-9-5-8-17(20)12-18-10-11-19(13-21(18)22)23-14-16-6-3-2-4-7-16;1-14(23)21-19-9-5-6-15(19)12-16-10-11-18(13-20(16)21)22-17-7-3-2-4-8-17/h6-13,23H,3-5H2,1-2H3;2-4,6-7,10-13,23H,5,8-9,14H2,1H3;2-4,7-8,10-13,22H,5-6,9H2,1H3. The van der Waals surface area contributed by atoms with Crippen LogP contribution >= 0.6 is 0 Å². The van der Waals surface area contributed by atoms with Crippen molar-refractivity contribution in [1.29, 1.82) is 0 Å². The van der Waals surface area contributed by atoms with Crippen molar-refractivity contribution < 1.29 is 19.1 Å². The lowest BCUT2D eigenvalue weighted by atomic mass is 9.93. The van der Waals surface area contributed by atoms with Gasteiger partial charge in [-0.3, -0.25) is 14.4 Å². The second-order valence-corrected chi connectivity index (χ2v) is 19.4. The Kier molecular flexibility index (Phi) is 14.0. The fourth-order valence-corrected chi connectivity index (χ4v) is 11.2. The molecule has 3 aliphatic carbocycles. The fourth-order valence-electron chi connectivity index (χ4n) is 11.2. The number of fused-ring (bicyclic) bond motifs is 6. The average Bonchev–Trinajstić information content (AvgIpc) is 4.19. The van der Waals surface area contributed by atoms with E-state index in [4.69, 9.17) is 4.74 Å². The minimum Gasteiger partial charge on any atom is -0.497 e. The van der Waals surface area contributed by atoms with Gasteiger partial charge in [-0.05, 0) is 223 Å². The number of para-hydroxylation sites is 1. The van der Waals surface area contributed by atoms with E-state index in [0.717, 1.165) is 142 Å². The Morgan fingerprint density at radius 1 is 0.417 bits per heavy atom. The summed E-state index contributed by atoms with van der Waals surface area (Å²) in [5.41, 5.74) is 17.0. The van der Waals surface area contributed by atoms with Crippen LogP contribution in [-0.2, 0) is 45.1 Å². The number of methoxy groups -OCH3 is 1. The Bertz CT molecular complexity index is 3510. The molecule has 0 spiro atoms. The van der Waals surface area contributed by atoms with E-state index in [2.05, 4.69) is 113 Å². The molecule has 0 amide bonds. The third-order valence-electron chi connectivity index (χ3n) is 14.5. The molecule has 3 aliphatic rings. The SMILES string of the molecule is CC(=O)c1c2c(cc3ccc(NCc4ccccc4)cc13)CCC2.CC(=O)c1c2c(cc3ccc(Nc4ccccc4)cc13)CCC2.COc1ccc(Nc2ccc3cc4c(c(C(C)=O)c3c2)CCC4)cc1. The Labute approximate surface area is 422 Å². The molecule has 7 nitrogen and oxygen atoms in total. The highest BCUT2D eigenvalue weighted by Gasteiger charge is 2.23. The minimum absolute atomic E-state index is 0.158. The maximum atomic E-state index is 12.3. The van der Waals surface area contributed by atoms with E-state index >= 15 is 0 Å². The average molecular weight is 948 g/mol. The lowest BCUT2D eigenvalue weighted by molar-refractivity contribution is 0.101. The van der Waals surface area contributed by atoms with E-state index in [9.17, 15) is 14.4 Å². The molecule has 12 rings (SSSR count). The fraction of sp³-hybridized carbons (Fsp3) is 0.215. The van der Waals surface area contributed by atoms with Gasteiger partial charge in [-0.25, -0.2) is 0 Å². The first-order valence-electron chi connectivity index (χ1n) is 25.4. The van der Waals surface area contributed by atoms with Crippen LogP contribution in [0.1, 0.15) is 110 Å². The smallest absolute Gasteiger partial charge is 0.160 e. The molecule has 7 heteroatoms. The van der Waals surface area contributed by atoms with E-state index in [0.29, 0.717) is 0 Å². The molecule has 360 valence electrons. The van der Waals surface area contributed by atoms with Gasteiger partial charge in [0, 0.05) is 51.7 Å². The molecule has 0 aromatic heterocycles. The Morgan fingerprint density at radius 2 is 0.792 bits per heavy atom. The summed E-state index contributed by atoms with van der Waals surface area (Å²) >= 11 is 0. The molecule has 3 N–H and O–H groups in total. The van der Waals surface area contributed by atoms with Crippen LogP contribution in [0, 0.1) is 0 Å². The molecule has 0 atom stereocenters. The van der Waals surface area contributed by atoms with Gasteiger partial charge >= 0.3 is 0 Å². The van der Waals surface area contributed by atoms with Gasteiger partial charge in [-0.15, -0.1) is 0 Å². The zero-order valence-electron chi connectivity index (χ0n) is 41.7. The monoisotopic (exact) mass is 947 g/mol. The van der Waals surface area contributed by atoms with Crippen molar-refractivity contribution in [2.75, 3.05) is 23.1 Å². The highest BCUT2D eigenvalue weighted by atomic mass is 16.5. The predicted octanol–water partition coefficient (Wildman–Crippen LogP) is 15.7. The van der Waals surface area contributed by atoms with Crippen LogP contribution in [-0.4, -0.2) is 24.5 Å². The van der Waals surface area contributed by atoms with E-state index in [1.54, 1.807) is 27.9 Å². The molecule has 0 bridgehead atoms. The number of ether oxygens (including phenoxy) is 1. The summed E-state index contributed by atoms with van der Waals surface area (Å²) in [4.78, 5) is 36.9. The molecule has 0 aliphatic heterocycles. The van der Waals surface area contributed by atoms with Crippen molar-refractivity contribution in [3.05, 3.63) is 213 Å². The second kappa shape index (κ2) is 21.1. The van der Waals surface area contributed by atoms with Crippen molar-refractivity contribution in [2.45, 2.75) is 85.1 Å². The van der Waals surface area contributed by atoms with Gasteiger partial charge in [-0.1, -0.05) is 84.9 Å². The maximum absolute atomic E-state index is 12.3. The number of carbonyl (C=O) groups excluding carboxylic acids is 3. The van der Waals surface area contributed by atoms with E-state index in [1.165, 1.54) is 44.3 Å². The van der Waals surface area contributed by atoms with Crippen molar-refractivity contribution >= 4 is 78.1 Å². The molecule has 0 radical (unpaired) electrons. The first-order valence-corrected chi connectivity index (χ1v) is 25.4. The Morgan fingerprint density at radius 3 is 1.21 bits per heavy atom. The number of benzene rings is 9. The van der Waals surface area contributed by atoms with Crippen LogP contribution in [0.15, 0.2) is 158 Å².